The number of hydrogen-bond donors (Lipinski definition) is 1. The van der Waals surface area contributed by atoms with E-state index in [2.05, 4.69) is 15.2 Å². The van der Waals surface area contributed by atoms with Gasteiger partial charge < -0.3 is 14.8 Å². The summed E-state index contributed by atoms with van der Waals surface area (Å²) in [6, 6.07) is 20.6. The van der Waals surface area contributed by atoms with E-state index in [1.807, 2.05) is 66.7 Å². The molecule has 34 heavy (non-hydrogen) atoms. The molecule has 2 heterocycles. The minimum Gasteiger partial charge on any atom is -0.497 e. The lowest BCUT2D eigenvalue weighted by Gasteiger charge is -2.32. The summed E-state index contributed by atoms with van der Waals surface area (Å²) in [4.78, 5) is 20.0. The van der Waals surface area contributed by atoms with E-state index in [1.54, 1.807) is 13.3 Å². The van der Waals surface area contributed by atoms with Gasteiger partial charge in [0.05, 0.1) is 18.8 Å². The predicted molar refractivity (Wildman–Crippen MR) is 133 cm³/mol. The third-order valence-corrected chi connectivity index (χ3v) is 6.42. The first kappa shape index (κ1) is 24.0. The number of pyridine rings is 1. The maximum Gasteiger partial charge on any atom is 0.224 e. The van der Waals surface area contributed by atoms with Crippen molar-refractivity contribution in [2.45, 2.75) is 18.9 Å². The van der Waals surface area contributed by atoms with Crippen molar-refractivity contribution < 1.29 is 14.3 Å². The third-order valence-electron chi connectivity index (χ3n) is 6.17. The molecule has 3 aromatic rings. The molecule has 1 aliphatic heterocycles. The molecule has 6 nitrogen and oxygen atoms in total. The predicted octanol–water partition coefficient (Wildman–Crippen LogP) is 4.74. The number of aromatic nitrogens is 1. The van der Waals surface area contributed by atoms with Gasteiger partial charge in [0.15, 0.2) is 0 Å². The van der Waals surface area contributed by atoms with Crippen LogP contribution in [0.5, 0.6) is 11.5 Å². The van der Waals surface area contributed by atoms with E-state index in [-0.39, 0.29) is 17.9 Å². The van der Waals surface area contributed by atoms with Gasteiger partial charge in [-0.25, -0.2) is 0 Å². The maximum atomic E-state index is 13.2. The maximum absolute atomic E-state index is 13.2. The van der Waals surface area contributed by atoms with Crippen molar-refractivity contribution in [1.82, 2.24) is 15.2 Å². The third kappa shape index (κ3) is 6.49. The van der Waals surface area contributed by atoms with Crippen LogP contribution in [0.3, 0.4) is 0 Å². The van der Waals surface area contributed by atoms with Crippen LogP contribution in [0.15, 0.2) is 72.9 Å². The molecule has 7 heteroatoms. The Hall–Kier alpha value is -3.09. The number of benzene rings is 2. The SMILES string of the molecule is COc1ccc(OCCN2CCC(C(=O)N[C@@H](c3ccc(Cl)cc3)c3ccccn3)CC2)cc1. The summed E-state index contributed by atoms with van der Waals surface area (Å²) in [5, 5.41) is 3.89. The number of carbonyl (C=O) groups is 1. The van der Waals surface area contributed by atoms with Crippen LogP contribution >= 0.6 is 11.6 Å². The molecule has 4 rings (SSSR count). The Kier molecular flexibility index (Phi) is 8.39. The molecule has 1 fully saturated rings. The van der Waals surface area contributed by atoms with Crippen molar-refractivity contribution in [2.75, 3.05) is 33.4 Å². The number of nitrogens with one attached hydrogen (secondary N) is 1. The van der Waals surface area contributed by atoms with Gasteiger partial charge in [0.1, 0.15) is 18.1 Å². The van der Waals surface area contributed by atoms with E-state index in [0.717, 1.165) is 55.2 Å². The first-order valence-corrected chi connectivity index (χ1v) is 12.0. The molecule has 0 aliphatic carbocycles. The number of likely N-dealkylation sites (tertiary alicyclic amines) is 1. The number of piperidine rings is 1. The summed E-state index contributed by atoms with van der Waals surface area (Å²) in [6.45, 7) is 3.20. The minimum atomic E-state index is -0.304. The number of methoxy groups -OCH3 is 1. The average molecular weight is 480 g/mol. The second-order valence-corrected chi connectivity index (χ2v) is 8.82. The smallest absolute Gasteiger partial charge is 0.224 e. The standard InChI is InChI=1S/C27H30ClN3O3/c1-33-23-9-11-24(12-10-23)34-19-18-31-16-13-21(14-17-31)27(32)30-26(25-4-2-3-15-29-25)20-5-7-22(28)8-6-20/h2-12,15,21,26H,13-14,16-19H2,1H3,(H,30,32)/t26-/m0/s1. The van der Waals surface area contributed by atoms with Crippen LogP contribution in [-0.4, -0.2) is 49.1 Å². The summed E-state index contributed by atoms with van der Waals surface area (Å²) < 4.78 is 11.0. The first-order valence-electron chi connectivity index (χ1n) is 11.6. The van der Waals surface area contributed by atoms with Crippen LogP contribution in [0.1, 0.15) is 30.1 Å². The number of rotatable bonds is 9. The Bertz CT molecular complexity index is 1040. The largest absolute Gasteiger partial charge is 0.497 e. The molecule has 1 saturated heterocycles. The van der Waals surface area contributed by atoms with Crippen LogP contribution in [0.25, 0.3) is 0 Å². The van der Waals surface area contributed by atoms with Crippen LogP contribution in [0.4, 0.5) is 0 Å². The molecule has 1 amide bonds. The lowest BCUT2D eigenvalue weighted by molar-refractivity contribution is -0.127. The highest BCUT2D eigenvalue weighted by molar-refractivity contribution is 6.30. The van der Waals surface area contributed by atoms with Crippen molar-refractivity contribution in [3.63, 3.8) is 0 Å². The summed E-state index contributed by atoms with van der Waals surface area (Å²) in [7, 11) is 1.65. The molecule has 178 valence electrons. The fourth-order valence-electron chi connectivity index (χ4n) is 4.17. The Labute approximate surface area is 205 Å². The van der Waals surface area contributed by atoms with E-state index in [0.29, 0.717) is 11.6 Å². The van der Waals surface area contributed by atoms with Crippen LogP contribution in [0, 0.1) is 5.92 Å². The minimum absolute atomic E-state index is 0.0164. The topological polar surface area (TPSA) is 63.7 Å². The molecule has 1 atom stereocenters. The van der Waals surface area contributed by atoms with Crippen LogP contribution in [0.2, 0.25) is 5.02 Å². The van der Waals surface area contributed by atoms with Gasteiger partial charge in [0.2, 0.25) is 5.91 Å². The summed E-state index contributed by atoms with van der Waals surface area (Å²) in [6.07, 6.45) is 3.39. The van der Waals surface area contributed by atoms with Gasteiger partial charge in [0, 0.05) is 23.7 Å². The molecule has 2 aromatic carbocycles. The highest BCUT2D eigenvalue weighted by atomic mass is 35.5. The van der Waals surface area contributed by atoms with Crippen molar-refractivity contribution in [3.05, 3.63) is 89.2 Å². The fourth-order valence-corrected chi connectivity index (χ4v) is 4.30. The van der Waals surface area contributed by atoms with Crippen LogP contribution < -0.4 is 14.8 Å². The van der Waals surface area contributed by atoms with Gasteiger partial charge in [0.25, 0.3) is 0 Å². The second-order valence-electron chi connectivity index (χ2n) is 8.39. The van der Waals surface area contributed by atoms with Crippen molar-refractivity contribution in [1.29, 1.82) is 0 Å². The number of nitrogens with zero attached hydrogens (tertiary/aromatic N) is 2. The zero-order valence-electron chi connectivity index (χ0n) is 19.3. The molecular weight excluding hydrogens is 450 g/mol. The first-order chi connectivity index (χ1) is 16.6. The monoisotopic (exact) mass is 479 g/mol. The molecule has 0 saturated carbocycles. The summed E-state index contributed by atoms with van der Waals surface area (Å²) in [5.74, 6) is 1.70. The number of carbonyl (C=O) groups excluding carboxylic acids is 1. The molecule has 1 N–H and O–H groups in total. The van der Waals surface area contributed by atoms with Gasteiger partial charge in [-0.1, -0.05) is 29.8 Å². The Morgan fingerprint density at radius 2 is 1.76 bits per heavy atom. The van der Waals surface area contributed by atoms with Crippen LogP contribution in [-0.2, 0) is 4.79 Å². The molecule has 0 radical (unpaired) electrons. The second kappa shape index (κ2) is 11.9. The number of halogens is 1. The van der Waals surface area contributed by atoms with Gasteiger partial charge in [-0.05, 0) is 80.0 Å². The Morgan fingerprint density at radius 1 is 1.06 bits per heavy atom. The summed E-state index contributed by atoms with van der Waals surface area (Å²) in [5.41, 5.74) is 1.77. The van der Waals surface area contributed by atoms with E-state index in [9.17, 15) is 4.79 Å². The van der Waals surface area contributed by atoms with E-state index < -0.39 is 0 Å². The zero-order valence-corrected chi connectivity index (χ0v) is 20.1. The number of ether oxygens (including phenoxy) is 2. The summed E-state index contributed by atoms with van der Waals surface area (Å²) >= 11 is 6.07. The number of amides is 1. The highest BCUT2D eigenvalue weighted by Gasteiger charge is 2.27. The quantitative estimate of drug-likeness (QED) is 0.480. The van der Waals surface area contributed by atoms with E-state index in [4.69, 9.17) is 21.1 Å². The normalized spacial score (nSPS) is 15.5. The van der Waals surface area contributed by atoms with E-state index >= 15 is 0 Å². The average Bonchev–Trinajstić information content (AvgIpc) is 2.89. The molecule has 1 aliphatic rings. The van der Waals surface area contributed by atoms with E-state index in [1.165, 1.54) is 0 Å². The molecule has 0 spiro atoms. The molecule has 1 aromatic heterocycles. The van der Waals surface area contributed by atoms with Gasteiger partial charge in [-0.2, -0.15) is 0 Å². The zero-order chi connectivity index (χ0) is 23.8. The number of hydrogen-bond acceptors (Lipinski definition) is 5. The highest BCUT2D eigenvalue weighted by Crippen LogP contribution is 2.25. The molecule has 0 unspecified atom stereocenters. The lowest BCUT2D eigenvalue weighted by Crippen LogP contribution is -2.42. The molecular formula is C27H30ClN3O3. The fraction of sp³-hybridized carbons (Fsp3) is 0.333. The van der Waals surface area contributed by atoms with Gasteiger partial charge in [-0.3, -0.25) is 14.7 Å². The Morgan fingerprint density at radius 3 is 2.41 bits per heavy atom. The Balaban J connectivity index is 1.28. The molecule has 0 bridgehead atoms. The van der Waals surface area contributed by atoms with Crippen molar-refractivity contribution in [3.8, 4) is 11.5 Å². The van der Waals surface area contributed by atoms with Gasteiger partial charge in [-0.15, -0.1) is 0 Å². The van der Waals surface area contributed by atoms with Crippen molar-refractivity contribution >= 4 is 17.5 Å². The van der Waals surface area contributed by atoms with Crippen molar-refractivity contribution in [2.24, 2.45) is 5.92 Å². The lowest BCUT2D eigenvalue weighted by atomic mass is 9.94. The van der Waals surface area contributed by atoms with Gasteiger partial charge >= 0.3 is 0 Å².